The number of nitrogens with one attached hydrogen (secondary N) is 1. The lowest BCUT2D eigenvalue weighted by Crippen LogP contribution is -2.45. The van der Waals surface area contributed by atoms with E-state index in [9.17, 15) is 4.79 Å². The monoisotopic (exact) mass is 298 g/mol. The van der Waals surface area contributed by atoms with Crippen molar-refractivity contribution in [2.45, 2.75) is 19.3 Å². The fourth-order valence-electron chi connectivity index (χ4n) is 2.04. The number of halogens is 1. The summed E-state index contributed by atoms with van der Waals surface area (Å²) >= 11 is 3.35. The zero-order valence-electron chi connectivity index (χ0n) is 9.70. The number of carbonyl (C=O) groups excluding carboxylic acids is 1. The zero-order valence-corrected chi connectivity index (χ0v) is 11.3. The molecule has 1 amide bonds. The van der Waals surface area contributed by atoms with Crippen LogP contribution in [0, 0.1) is 5.41 Å². The molecule has 1 aromatic rings. The molecule has 1 aliphatic rings. The van der Waals surface area contributed by atoms with Crippen LogP contribution < -0.4 is 5.32 Å². The molecule has 0 aliphatic heterocycles. The Morgan fingerprint density at radius 3 is 2.94 bits per heavy atom. The lowest BCUT2D eigenvalue weighted by atomic mass is 9.68. The molecule has 0 bridgehead atoms. The largest absolute Gasteiger partial charge is 0.384 e. The molecule has 1 heterocycles. The van der Waals surface area contributed by atoms with E-state index < -0.39 is 0 Å². The van der Waals surface area contributed by atoms with E-state index in [1.54, 1.807) is 19.4 Å². The Bertz CT molecular complexity index is 419. The van der Waals surface area contributed by atoms with Gasteiger partial charge in [0.05, 0.1) is 12.0 Å². The second-order valence-electron chi connectivity index (χ2n) is 4.38. The average Bonchev–Trinajstić information content (AvgIpc) is 2.23. The lowest BCUT2D eigenvalue weighted by molar-refractivity contribution is -0.134. The third-order valence-corrected chi connectivity index (χ3v) is 3.67. The van der Waals surface area contributed by atoms with Gasteiger partial charge in [-0.2, -0.15) is 0 Å². The Kier molecular flexibility index (Phi) is 3.79. The quantitative estimate of drug-likeness (QED) is 0.929. The van der Waals surface area contributed by atoms with Crippen molar-refractivity contribution in [3.8, 4) is 0 Å². The Morgan fingerprint density at radius 1 is 1.65 bits per heavy atom. The summed E-state index contributed by atoms with van der Waals surface area (Å²) in [6.45, 7) is 0.479. The average molecular weight is 299 g/mol. The molecular formula is C12H15BrN2O2. The minimum absolute atomic E-state index is 0.0104. The summed E-state index contributed by atoms with van der Waals surface area (Å²) in [5.74, 6) is 0.586. The molecule has 0 saturated heterocycles. The molecule has 0 aromatic carbocycles. The van der Waals surface area contributed by atoms with Crippen molar-refractivity contribution in [2.75, 3.05) is 19.0 Å². The molecule has 0 spiro atoms. The number of ether oxygens (including phenoxy) is 1. The van der Waals surface area contributed by atoms with E-state index in [2.05, 4.69) is 26.2 Å². The van der Waals surface area contributed by atoms with Crippen LogP contribution in [0.4, 0.5) is 5.82 Å². The second-order valence-corrected chi connectivity index (χ2v) is 5.30. The number of methoxy groups -OCH3 is 1. The van der Waals surface area contributed by atoms with Gasteiger partial charge >= 0.3 is 0 Å². The Hall–Kier alpha value is -0.940. The summed E-state index contributed by atoms with van der Waals surface area (Å²) in [5.41, 5.74) is -0.348. The van der Waals surface area contributed by atoms with Crippen molar-refractivity contribution in [3.05, 3.63) is 22.8 Å². The van der Waals surface area contributed by atoms with Gasteiger partial charge in [-0.15, -0.1) is 0 Å². The van der Waals surface area contributed by atoms with Gasteiger partial charge in [-0.3, -0.25) is 4.79 Å². The maximum Gasteiger partial charge on any atom is 0.234 e. The van der Waals surface area contributed by atoms with Crippen LogP contribution in [0.5, 0.6) is 0 Å². The van der Waals surface area contributed by atoms with Gasteiger partial charge in [0, 0.05) is 17.8 Å². The highest BCUT2D eigenvalue weighted by Gasteiger charge is 2.44. The van der Waals surface area contributed by atoms with E-state index in [-0.39, 0.29) is 11.3 Å². The highest BCUT2D eigenvalue weighted by Crippen LogP contribution is 2.42. The van der Waals surface area contributed by atoms with Gasteiger partial charge in [-0.1, -0.05) is 22.4 Å². The van der Waals surface area contributed by atoms with E-state index in [4.69, 9.17) is 4.74 Å². The van der Waals surface area contributed by atoms with Crippen LogP contribution in [-0.4, -0.2) is 24.6 Å². The number of nitrogens with zero attached hydrogens (tertiary/aromatic N) is 1. The lowest BCUT2D eigenvalue weighted by Gasteiger charge is -2.39. The first-order valence-corrected chi connectivity index (χ1v) is 6.37. The number of anilines is 1. The van der Waals surface area contributed by atoms with E-state index in [0.717, 1.165) is 23.7 Å². The molecule has 1 aromatic heterocycles. The standard InChI is InChI=1S/C12H15BrN2O2/c1-17-8-12(4-2-5-12)11(16)15-10-7-9(13)3-6-14-10/h3,6-7H,2,4-5,8H2,1H3,(H,14,15,16). The maximum atomic E-state index is 12.2. The molecule has 2 rings (SSSR count). The Labute approximate surface area is 109 Å². The molecule has 1 N–H and O–H groups in total. The molecule has 92 valence electrons. The SMILES string of the molecule is COCC1(C(=O)Nc2cc(Br)ccn2)CCC1. The van der Waals surface area contributed by atoms with Gasteiger partial charge < -0.3 is 10.1 Å². The van der Waals surface area contributed by atoms with Crippen LogP contribution in [0.1, 0.15) is 19.3 Å². The van der Waals surface area contributed by atoms with Crippen LogP contribution in [-0.2, 0) is 9.53 Å². The number of hydrogen-bond donors (Lipinski definition) is 1. The Balaban J connectivity index is 2.05. The van der Waals surface area contributed by atoms with Crippen LogP contribution in [0.3, 0.4) is 0 Å². The number of aromatic nitrogens is 1. The topological polar surface area (TPSA) is 51.2 Å². The first-order valence-electron chi connectivity index (χ1n) is 5.58. The van der Waals surface area contributed by atoms with Crippen molar-refractivity contribution in [3.63, 3.8) is 0 Å². The summed E-state index contributed by atoms with van der Waals surface area (Å²) in [5, 5.41) is 2.85. The predicted octanol–water partition coefficient (Wildman–Crippen LogP) is 2.60. The van der Waals surface area contributed by atoms with Crippen molar-refractivity contribution in [1.82, 2.24) is 4.98 Å². The third kappa shape index (κ3) is 2.66. The molecule has 0 atom stereocenters. The molecule has 0 unspecified atom stereocenters. The van der Waals surface area contributed by atoms with Crippen molar-refractivity contribution >= 4 is 27.7 Å². The van der Waals surface area contributed by atoms with E-state index >= 15 is 0 Å². The summed E-state index contributed by atoms with van der Waals surface area (Å²) in [6, 6.07) is 3.61. The minimum atomic E-state index is -0.348. The van der Waals surface area contributed by atoms with Gasteiger partial charge in [0.25, 0.3) is 0 Å². The molecule has 4 nitrogen and oxygen atoms in total. The maximum absolute atomic E-state index is 12.2. The first-order chi connectivity index (χ1) is 8.16. The van der Waals surface area contributed by atoms with Gasteiger partial charge in [0.1, 0.15) is 5.82 Å². The zero-order chi connectivity index (χ0) is 12.3. The highest BCUT2D eigenvalue weighted by molar-refractivity contribution is 9.10. The summed E-state index contributed by atoms with van der Waals surface area (Å²) in [7, 11) is 1.63. The van der Waals surface area contributed by atoms with Crippen molar-refractivity contribution in [1.29, 1.82) is 0 Å². The number of hydrogen-bond acceptors (Lipinski definition) is 3. The van der Waals surface area contributed by atoms with Gasteiger partial charge in [0.2, 0.25) is 5.91 Å². The number of carbonyl (C=O) groups is 1. The van der Waals surface area contributed by atoms with Crippen molar-refractivity contribution in [2.24, 2.45) is 5.41 Å². The number of pyridine rings is 1. The van der Waals surface area contributed by atoms with Gasteiger partial charge in [-0.05, 0) is 25.0 Å². The van der Waals surface area contributed by atoms with Gasteiger partial charge in [-0.25, -0.2) is 4.98 Å². The normalized spacial score (nSPS) is 17.3. The highest BCUT2D eigenvalue weighted by atomic mass is 79.9. The smallest absolute Gasteiger partial charge is 0.234 e. The molecule has 17 heavy (non-hydrogen) atoms. The molecule has 0 radical (unpaired) electrons. The Morgan fingerprint density at radius 2 is 2.41 bits per heavy atom. The fraction of sp³-hybridized carbons (Fsp3) is 0.500. The number of amides is 1. The van der Waals surface area contributed by atoms with Crippen LogP contribution in [0.15, 0.2) is 22.8 Å². The first kappa shape index (κ1) is 12.5. The summed E-state index contributed by atoms with van der Waals surface area (Å²) < 4.78 is 6.04. The summed E-state index contributed by atoms with van der Waals surface area (Å²) in [4.78, 5) is 16.3. The predicted molar refractivity (Wildman–Crippen MR) is 68.7 cm³/mol. The molecular weight excluding hydrogens is 284 g/mol. The van der Waals surface area contributed by atoms with Crippen LogP contribution in [0.2, 0.25) is 0 Å². The number of rotatable bonds is 4. The third-order valence-electron chi connectivity index (χ3n) is 3.18. The summed E-state index contributed by atoms with van der Waals surface area (Å²) in [6.07, 6.45) is 4.52. The second kappa shape index (κ2) is 5.14. The molecule has 5 heteroatoms. The molecule has 1 saturated carbocycles. The van der Waals surface area contributed by atoms with Crippen LogP contribution >= 0.6 is 15.9 Å². The van der Waals surface area contributed by atoms with E-state index in [1.807, 2.05) is 6.07 Å². The van der Waals surface area contributed by atoms with Crippen LogP contribution in [0.25, 0.3) is 0 Å². The minimum Gasteiger partial charge on any atom is -0.384 e. The molecule has 1 aliphatic carbocycles. The van der Waals surface area contributed by atoms with E-state index in [1.165, 1.54) is 0 Å². The van der Waals surface area contributed by atoms with Crippen molar-refractivity contribution < 1.29 is 9.53 Å². The van der Waals surface area contributed by atoms with Gasteiger partial charge in [0.15, 0.2) is 0 Å². The fourth-order valence-corrected chi connectivity index (χ4v) is 2.37. The van der Waals surface area contributed by atoms with E-state index in [0.29, 0.717) is 12.4 Å². The molecule has 1 fully saturated rings.